The number of amides is 2. The van der Waals surface area contributed by atoms with E-state index in [-0.39, 0.29) is 6.03 Å². The Kier molecular flexibility index (Phi) is 5.84. The van der Waals surface area contributed by atoms with Crippen LogP contribution in [0.25, 0.3) is 0 Å². The molecule has 0 aromatic carbocycles. The molecular weight excluding hydrogens is 256 g/mol. The molecule has 0 spiro atoms. The maximum Gasteiger partial charge on any atom is 0.329 e. The molecule has 20 heavy (non-hydrogen) atoms. The van der Waals surface area contributed by atoms with Crippen LogP contribution in [0, 0.1) is 11.8 Å². The first-order chi connectivity index (χ1) is 9.28. The average Bonchev–Trinajstić information content (AvgIpc) is 2.38. The lowest BCUT2D eigenvalue weighted by Gasteiger charge is -2.35. The molecule has 1 aliphatic carbocycles. The topological polar surface area (TPSA) is 69.6 Å². The number of nitrogens with zero attached hydrogens (tertiary/aromatic N) is 1. The summed E-state index contributed by atoms with van der Waals surface area (Å²) in [5, 5.41) is 12.1. The number of urea groups is 1. The van der Waals surface area contributed by atoms with Crippen molar-refractivity contribution in [2.24, 2.45) is 11.8 Å². The second-order valence-electron chi connectivity index (χ2n) is 6.42. The molecule has 2 amide bonds. The van der Waals surface area contributed by atoms with Crippen LogP contribution in [0.5, 0.6) is 0 Å². The van der Waals surface area contributed by atoms with E-state index in [0.717, 1.165) is 18.8 Å². The third kappa shape index (κ3) is 4.12. The van der Waals surface area contributed by atoms with Gasteiger partial charge in [-0.25, -0.2) is 9.59 Å². The summed E-state index contributed by atoms with van der Waals surface area (Å²) in [6.07, 6.45) is 4.74. The molecule has 1 aliphatic rings. The highest BCUT2D eigenvalue weighted by Crippen LogP contribution is 2.27. The van der Waals surface area contributed by atoms with Crippen LogP contribution in [0.1, 0.15) is 53.4 Å². The van der Waals surface area contributed by atoms with E-state index >= 15 is 0 Å². The molecule has 2 N–H and O–H groups in total. The van der Waals surface area contributed by atoms with Crippen LogP contribution in [0.2, 0.25) is 0 Å². The maximum absolute atomic E-state index is 12.2. The van der Waals surface area contributed by atoms with E-state index < -0.39 is 11.5 Å². The predicted octanol–water partition coefficient (Wildman–Crippen LogP) is 2.71. The Hall–Kier alpha value is -1.26. The molecule has 1 saturated carbocycles. The molecule has 0 aliphatic heterocycles. The third-order valence-corrected chi connectivity index (χ3v) is 4.44. The Labute approximate surface area is 121 Å². The normalized spacial score (nSPS) is 23.2. The van der Waals surface area contributed by atoms with E-state index in [1.807, 2.05) is 0 Å². The van der Waals surface area contributed by atoms with Crippen LogP contribution in [0.3, 0.4) is 0 Å². The smallest absolute Gasteiger partial charge is 0.329 e. The summed E-state index contributed by atoms with van der Waals surface area (Å²) >= 11 is 0. The number of carboxylic acids is 1. The zero-order valence-electron chi connectivity index (χ0n) is 13.1. The first kappa shape index (κ1) is 16.8. The molecule has 0 radical (unpaired) electrons. The summed E-state index contributed by atoms with van der Waals surface area (Å²) < 4.78 is 0. The number of rotatable bonds is 5. The molecule has 5 nitrogen and oxygen atoms in total. The molecule has 5 heteroatoms. The van der Waals surface area contributed by atoms with Crippen LogP contribution in [-0.2, 0) is 4.79 Å². The van der Waals surface area contributed by atoms with E-state index in [1.54, 1.807) is 20.8 Å². The molecule has 0 atom stereocenters. The zero-order chi connectivity index (χ0) is 15.3. The fourth-order valence-corrected chi connectivity index (χ4v) is 2.77. The van der Waals surface area contributed by atoms with Crippen molar-refractivity contribution in [2.45, 2.75) is 58.9 Å². The molecule has 1 fully saturated rings. The highest BCUT2D eigenvalue weighted by Gasteiger charge is 2.37. The van der Waals surface area contributed by atoms with Gasteiger partial charge in [-0.1, -0.05) is 19.8 Å². The number of nitrogens with one attached hydrogen (secondary N) is 1. The number of carbonyl (C=O) groups excluding carboxylic acids is 1. The minimum absolute atomic E-state index is 0.279. The first-order valence-electron chi connectivity index (χ1n) is 7.57. The molecule has 0 aromatic heterocycles. The minimum atomic E-state index is -1.18. The van der Waals surface area contributed by atoms with Crippen molar-refractivity contribution in [3.63, 3.8) is 0 Å². The number of hydrogen-bond acceptors (Lipinski definition) is 2. The van der Waals surface area contributed by atoms with Gasteiger partial charge < -0.3 is 15.3 Å². The summed E-state index contributed by atoms with van der Waals surface area (Å²) in [5.41, 5.74) is -1.18. The summed E-state index contributed by atoms with van der Waals surface area (Å²) in [4.78, 5) is 24.8. The van der Waals surface area contributed by atoms with Gasteiger partial charge in [-0.15, -0.1) is 0 Å². The highest BCUT2D eigenvalue weighted by molar-refractivity contribution is 5.85. The predicted molar refractivity (Wildman–Crippen MR) is 78.6 cm³/mol. The fourth-order valence-electron chi connectivity index (χ4n) is 2.77. The summed E-state index contributed by atoms with van der Waals surface area (Å²) in [6, 6.07) is -0.279. The molecule has 0 heterocycles. The van der Waals surface area contributed by atoms with Crippen LogP contribution >= 0.6 is 0 Å². The van der Waals surface area contributed by atoms with Gasteiger partial charge in [0.15, 0.2) is 0 Å². The number of carboxylic acid groups (broad SMARTS) is 1. The Bertz CT molecular complexity index is 347. The van der Waals surface area contributed by atoms with Gasteiger partial charge in [-0.05, 0) is 45.4 Å². The van der Waals surface area contributed by atoms with Crippen molar-refractivity contribution < 1.29 is 14.7 Å². The Morgan fingerprint density at radius 2 is 1.80 bits per heavy atom. The summed E-state index contributed by atoms with van der Waals surface area (Å²) in [6.45, 7) is 8.21. The van der Waals surface area contributed by atoms with Gasteiger partial charge in [0.2, 0.25) is 0 Å². The van der Waals surface area contributed by atoms with Gasteiger partial charge in [-0.3, -0.25) is 0 Å². The highest BCUT2D eigenvalue weighted by atomic mass is 16.4. The van der Waals surface area contributed by atoms with E-state index in [4.69, 9.17) is 0 Å². The van der Waals surface area contributed by atoms with Crippen LogP contribution < -0.4 is 5.32 Å². The molecule has 116 valence electrons. The lowest BCUT2D eigenvalue weighted by atomic mass is 9.83. The van der Waals surface area contributed by atoms with E-state index in [0.29, 0.717) is 19.0 Å². The second-order valence-corrected chi connectivity index (χ2v) is 6.42. The first-order valence-corrected chi connectivity index (χ1v) is 7.57. The fraction of sp³-hybridized carbons (Fsp3) is 0.867. The van der Waals surface area contributed by atoms with Crippen LogP contribution in [-0.4, -0.2) is 40.6 Å². The minimum Gasteiger partial charge on any atom is -0.480 e. The van der Waals surface area contributed by atoms with Gasteiger partial charge in [0.05, 0.1) is 0 Å². The quantitative estimate of drug-likeness (QED) is 0.815. The number of aliphatic carboxylic acids is 1. The van der Waals surface area contributed by atoms with Crippen molar-refractivity contribution in [1.82, 2.24) is 10.2 Å². The van der Waals surface area contributed by atoms with Gasteiger partial charge >= 0.3 is 12.0 Å². The Balaban J connectivity index is 2.50. The average molecular weight is 284 g/mol. The molecule has 0 saturated heterocycles. The molecule has 1 rings (SSSR count). The molecule has 0 unspecified atom stereocenters. The lowest BCUT2D eigenvalue weighted by molar-refractivity contribution is -0.147. The number of hydrogen-bond donors (Lipinski definition) is 2. The lowest BCUT2D eigenvalue weighted by Crippen LogP contribution is -2.56. The van der Waals surface area contributed by atoms with Crippen molar-refractivity contribution in [2.75, 3.05) is 13.1 Å². The van der Waals surface area contributed by atoms with E-state index in [9.17, 15) is 14.7 Å². The maximum atomic E-state index is 12.2. The van der Waals surface area contributed by atoms with E-state index in [1.165, 1.54) is 17.7 Å². The summed E-state index contributed by atoms with van der Waals surface area (Å²) in [7, 11) is 0. The second kappa shape index (κ2) is 6.95. The number of carbonyl (C=O) groups is 2. The van der Waals surface area contributed by atoms with Crippen molar-refractivity contribution in [3.8, 4) is 0 Å². The molecular formula is C15H28N2O3. The van der Waals surface area contributed by atoms with Gasteiger partial charge in [0.1, 0.15) is 5.54 Å². The van der Waals surface area contributed by atoms with Crippen molar-refractivity contribution in [3.05, 3.63) is 0 Å². The van der Waals surface area contributed by atoms with Crippen LogP contribution in [0.4, 0.5) is 4.79 Å². The molecule has 0 bridgehead atoms. The van der Waals surface area contributed by atoms with Crippen molar-refractivity contribution in [1.29, 1.82) is 0 Å². The van der Waals surface area contributed by atoms with Crippen molar-refractivity contribution >= 4 is 12.0 Å². The number of likely N-dealkylation sites (N-methyl/N-ethyl adjacent to an activating group) is 1. The van der Waals surface area contributed by atoms with Gasteiger partial charge in [0, 0.05) is 13.1 Å². The van der Waals surface area contributed by atoms with E-state index in [2.05, 4.69) is 12.2 Å². The largest absolute Gasteiger partial charge is 0.480 e. The van der Waals surface area contributed by atoms with Gasteiger partial charge in [-0.2, -0.15) is 0 Å². The van der Waals surface area contributed by atoms with Crippen LogP contribution in [0.15, 0.2) is 0 Å². The SMILES string of the molecule is CCN(C(=O)NCC1CCC(C)CC1)C(C)(C)C(=O)O. The monoisotopic (exact) mass is 284 g/mol. The zero-order valence-corrected chi connectivity index (χ0v) is 13.1. The van der Waals surface area contributed by atoms with Gasteiger partial charge in [0.25, 0.3) is 0 Å². The Morgan fingerprint density at radius 1 is 1.25 bits per heavy atom. The third-order valence-electron chi connectivity index (χ3n) is 4.44. The Morgan fingerprint density at radius 3 is 2.25 bits per heavy atom. The molecule has 0 aromatic rings. The summed E-state index contributed by atoms with van der Waals surface area (Å²) in [5.74, 6) is 0.336. The standard InChI is InChI=1S/C15H28N2O3/c1-5-17(15(3,4)13(18)19)14(20)16-10-12-8-6-11(2)7-9-12/h11-12H,5-10H2,1-4H3,(H,16,20)(H,18,19).